The molecule has 1 aromatic rings. The number of carbonyl (C=O) groups is 1. The molecule has 1 aromatic heterocycles. The lowest BCUT2D eigenvalue weighted by molar-refractivity contribution is -0.896. The lowest BCUT2D eigenvalue weighted by Crippen LogP contribution is -3.11. The fourth-order valence-electron chi connectivity index (χ4n) is 2.27. The molecule has 0 spiro atoms. The van der Waals surface area contributed by atoms with Crippen molar-refractivity contribution >= 4 is 17.7 Å². The number of carbonyl (C=O) groups excluding carboxylic acids is 1. The molecule has 0 aliphatic carbocycles. The molecule has 0 bridgehead atoms. The molecule has 120 valence electrons. The molecule has 0 unspecified atom stereocenters. The van der Waals surface area contributed by atoms with Crippen LogP contribution in [0.15, 0.2) is 5.16 Å². The van der Waals surface area contributed by atoms with E-state index in [0.717, 1.165) is 51.3 Å². The van der Waals surface area contributed by atoms with Gasteiger partial charge in [0.2, 0.25) is 0 Å². The Labute approximate surface area is 130 Å². The van der Waals surface area contributed by atoms with Crippen LogP contribution >= 0.6 is 11.8 Å². The number of aryl methyl sites for hydroxylation is 1. The number of nitrogens with one attached hydrogen (secondary N) is 1. The van der Waals surface area contributed by atoms with Crippen LogP contribution in [0.25, 0.3) is 0 Å². The van der Waals surface area contributed by atoms with Gasteiger partial charge in [0.25, 0.3) is 0 Å². The summed E-state index contributed by atoms with van der Waals surface area (Å²) in [6.45, 7) is 10.7. The molecule has 0 fully saturated rings. The van der Waals surface area contributed by atoms with Gasteiger partial charge in [-0.05, 0) is 20.3 Å². The second kappa shape index (κ2) is 9.78. The van der Waals surface area contributed by atoms with Gasteiger partial charge in [-0.3, -0.25) is 0 Å². The van der Waals surface area contributed by atoms with Crippen molar-refractivity contribution in [3.63, 3.8) is 0 Å². The Balaban J connectivity index is 2.66. The van der Waals surface area contributed by atoms with Crippen molar-refractivity contribution in [2.75, 3.05) is 25.4 Å². The van der Waals surface area contributed by atoms with Crippen LogP contribution in [0.4, 0.5) is 0 Å². The summed E-state index contributed by atoms with van der Waals surface area (Å²) in [5.74, 6) is -0.196. The Kier molecular flexibility index (Phi) is 8.37. The van der Waals surface area contributed by atoms with Crippen LogP contribution < -0.4 is 10.0 Å². The van der Waals surface area contributed by atoms with Gasteiger partial charge < -0.3 is 19.4 Å². The summed E-state index contributed by atoms with van der Waals surface area (Å²) < 4.78 is 2.07. The molecule has 7 heteroatoms. The SMILES string of the molecule is CCCc1nnc(SCC(=O)[O-])n1CCC[NH+](CC)CC. The van der Waals surface area contributed by atoms with Crippen molar-refractivity contribution in [2.24, 2.45) is 0 Å². The average molecular weight is 314 g/mol. The molecule has 0 amide bonds. The predicted molar refractivity (Wildman–Crippen MR) is 81.3 cm³/mol. The van der Waals surface area contributed by atoms with E-state index in [-0.39, 0.29) is 5.75 Å². The molecular formula is C14H26N4O2S. The zero-order chi connectivity index (χ0) is 15.7. The van der Waals surface area contributed by atoms with Gasteiger partial charge in [-0.25, -0.2) is 0 Å². The maximum absolute atomic E-state index is 10.6. The molecule has 0 saturated carbocycles. The summed E-state index contributed by atoms with van der Waals surface area (Å²) >= 11 is 1.19. The lowest BCUT2D eigenvalue weighted by atomic mass is 10.3. The molecule has 0 aliphatic heterocycles. The van der Waals surface area contributed by atoms with Crippen LogP contribution in [0.1, 0.15) is 39.4 Å². The van der Waals surface area contributed by atoms with E-state index in [1.807, 2.05) is 0 Å². The Hall–Kier alpha value is -1.08. The minimum absolute atomic E-state index is 0.0778. The molecule has 0 aliphatic rings. The van der Waals surface area contributed by atoms with E-state index in [9.17, 15) is 9.90 Å². The van der Waals surface area contributed by atoms with Crippen LogP contribution in [0, 0.1) is 0 Å². The van der Waals surface area contributed by atoms with Crippen molar-refractivity contribution in [1.29, 1.82) is 0 Å². The van der Waals surface area contributed by atoms with Gasteiger partial charge in [0.1, 0.15) is 5.82 Å². The fourth-order valence-corrected chi connectivity index (χ4v) is 2.97. The number of aliphatic carboxylic acids is 1. The third-order valence-corrected chi connectivity index (χ3v) is 4.44. The number of carboxylic acid groups (broad SMARTS) is 1. The summed E-state index contributed by atoms with van der Waals surface area (Å²) in [5.41, 5.74) is 0. The molecule has 0 atom stereocenters. The number of thioether (sulfide) groups is 1. The molecular weight excluding hydrogens is 288 g/mol. The summed E-state index contributed by atoms with van der Waals surface area (Å²) in [4.78, 5) is 12.2. The van der Waals surface area contributed by atoms with Crippen molar-refractivity contribution < 1.29 is 14.8 Å². The molecule has 1 heterocycles. The number of hydrogen-bond acceptors (Lipinski definition) is 5. The number of quaternary nitrogens is 1. The third-order valence-electron chi connectivity index (χ3n) is 3.50. The zero-order valence-electron chi connectivity index (χ0n) is 13.2. The molecule has 0 aromatic carbocycles. The first-order valence-electron chi connectivity index (χ1n) is 7.70. The van der Waals surface area contributed by atoms with Gasteiger partial charge in [0, 0.05) is 25.1 Å². The average Bonchev–Trinajstić information content (AvgIpc) is 2.84. The smallest absolute Gasteiger partial charge is 0.191 e. The van der Waals surface area contributed by atoms with Crippen LogP contribution in [-0.4, -0.2) is 46.1 Å². The number of aromatic nitrogens is 3. The second-order valence-corrected chi connectivity index (χ2v) is 5.96. The first-order chi connectivity index (χ1) is 10.1. The largest absolute Gasteiger partial charge is 0.549 e. The molecule has 6 nitrogen and oxygen atoms in total. The predicted octanol–water partition coefficient (Wildman–Crippen LogP) is -0.613. The highest BCUT2D eigenvalue weighted by atomic mass is 32.2. The van der Waals surface area contributed by atoms with E-state index in [1.54, 1.807) is 4.90 Å². The Morgan fingerprint density at radius 1 is 1.29 bits per heavy atom. The number of rotatable bonds is 11. The number of carboxylic acids is 1. The van der Waals surface area contributed by atoms with E-state index < -0.39 is 5.97 Å². The first kappa shape index (κ1) is 18.0. The summed E-state index contributed by atoms with van der Waals surface area (Å²) in [6.07, 6.45) is 2.92. The Morgan fingerprint density at radius 3 is 2.57 bits per heavy atom. The Morgan fingerprint density at radius 2 is 2.00 bits per heavy atom. The van der Waals surface area contributed by atoms with Crippen LogP contribution in [0.2, 0.25) is 0 Å². The zero-order valence-corrected chi connectivity index (χ0v) is 14.0. The van der Waals surface area contributed by atoms with E-state index in [1.165, 1.54) is 11.8 Å². The maximum Gasteiger partial charge on any atom is 0.191 e. The summed E-state index contributed by atoms with van der Waals surface area (Å²) in [7, 11) is 0. The van der Waals surface area contributed by atoms with Gasteiger partial charge in [0.05, 0.1) is 25.6 Å². The Bertz CT molecular complexity index is 433. The topological polar surface area (TPSA) is 75.3 Å². The monoisotopic (exact) mass is 314 g/mol. The van der Waals surface area contributed by atoms with Gasteiger partial charge >= 0.3 is 0 Å². The second-order valence-electron chi connectivity index (χ2n) is 5.02. The lowest BCUT2D eigenvalue weighted by Gasteiger charge is -2.16. The molecule has 0 saturated heterocycles. The van der Waals surface area contributed by atoms with E-state index in [4.69, 9.17) is 0 Å². The molecule has 0 radical (unpaired) electrons. The minimum atomic E-state index is -1.07. The standard InChI is InChI=1S/C14H26N4O2S/c1-4-8-12-15-16-14(21-11-13(19)20)18(12)10-7-9-17(5-2)6-3/h4-11H2,1-3H3,(H,19,20). The van der Waals surface area contributed by atoms with Gasteiger partial charge in [0.15, 0.2) is 5.16 Å². The van der Waals surface area contributed by atoms with E-state index in [0.29, 0.717) is 5.16 Å². The van der Waals surface area contributed by atoms with Crippen molar-refractivity contribution in [2.45, 2.75) is 51.7 Å². The van der Waals surface area contributed by atoms with Crippen LogP contribution in [-0.2, 0) is 17.8 Å². The van der Waals surface area contributed by atoms with Gasteiger partial charge in [-0.2, -0.15) is 0 Å². The maximum atomic E-state index is 10.6. The van der Waals surface area contributed by atoms with E-state index >= 15 is 0 Å². The number of nitrogens with zero attached hydrogens (tertiary/aromatic N) is 3. The van der Waals surface area contributed by atoms with Gasteiger partial charge in [-0.1, -0.05) is 18.7 Å². The fraction of sp³-hybridized carbons (Fsp3) is 0.786. The highest BCUT2D eigenvalue weighted by molar-refractivity contribution is 7.99. The first-order valence-corrected chi connectivity index (χ1v) is 8.69. The highest BCUT2D eigenvalue weighted by Crippen LogP contribution is 2.17. The normalized spacial score (nSPS) is 11.2. The summed E-state index contributed by atoms with van der Waals surface area (Å²) in [5, 5.41) is 19.6. The van der Waals surface area contributed by atoms with Crippen molar-refractivity contribution in [3.8, 4) is 0 Å². The molecule has 21 heavy (non-hydrogen) atoms. The van der Waals surface area contributed by atoms with E-state index in [2.05, 4.69) is 35.5 Å². The van der Waals surface area contributed by atoms with Gasteiger partial charge in [-0.15, -0.1) is 10.2 Å². The summed E-state index contributed by atoms with van der Waals surface area (Å²) in [6, 6.07) is 0. The minimum Gasteiger partial charge on any atom is -0.549 e. The molecule has 1 N–H and O–H groups in total. The third kappa shape index (κ3) is 6.05. The van der Waals surface area contributed by atoms with Crippen molar-refractivity contribution in [1.82, 2.24) is 14.8 Å². The van der Waals surface area contributed by atoms with Crippen LogP contribution in [0.5, 0.6) is 0 Å². The molecule has 1 rings (SSSR count). The highest BCUT2D eigenvalue weighted by Gasteiger charge is 2.13. The number of hydrogen-bond donors (Lipinski definition) is 1. The quantitative estimate of drug-likeness (QED) is 0.551. The van der Waals surface area contributed by atoms with Crippen molar-refractivity contribution in [3.05, 3.63) is 5.82 Å². The van der Waals surface area contributed by atoms with Crippen LogP contribution in [0.3, 0.4) is 0 Å².